The summed E-state index contributed by atoms with van der Waals surface area (Å²) in [5, 5.41) is 10.1. The number of piperidine rings is 1. The monoisotopic (exact) mass is 597 g/mol. The molecule has 1 fully saturated rings. The predicted molar refractivity (Wildman–Crippen MR) is 100 cm³/mol. The molecule has 1 aromatic rings. The molecule has 1 amide bonds. The maximum absolute atomic E-state index is 12.6. The van der Waals surface area contributed by atoms with Crippen molar-refractivity contribution in [3.8, 4) is 0 Å². The first-order valence-electron chi connectivity index (χ1n) is 5.96. The fraction of sp³-hybridized carbons (Fsp3) is 0.462. The third-order valence-electron chi connectivity index (χ3n) is 3.19. The largest absolute Gasteiger partial charge is 0.388 e. The van der Waals surface area contributed by atoms with Gasteiger partial charge in [0.2, 0.25) is 0 Å². The van der Waals surface area contributed by atoms with Gasteiger partial charge in [-0.15, -0.1) is 0 Å². The van der Waals surface area contributed by atoms with Gasteiger partial charge < -0.3 is 10.0 Å². The molecule has 1 unspecified atom stereocenters. The standard InChI is InChI=1S/C13H14I3NO2/c1-13(19)3-2-4-17(7-13)12(18)9-5-8(14)6-10(15)11(9)16/h5-6,19H,2-4,7H2,1H3. The minimum atomic E-state index is -0.756. The molecule has 0 saturated carbocycles. The van der Waals surface area contributed by atoms with Crippen LogP contribution in [0.2, 0.25) is 0 Å². The van der Waals surface area contributed by atoms with E-state index < -0.39 is 5.60 Å². The molecule has 0 bridgehead atoms. The van der Waals surface area contributed by atoms with Crippen LogP contribution in [-0.4, -0.2) is 34.6 Å². The molecule has 1 heterocycles. The van der Waals surface area contributed by atoms with Gasteiger partial charge in [0.1, 0.15) is 0 Å². The molecule has 6 heteroatoms. The van der Waals surface area contributed by atoms with Gasteiger partial charge in [0, 0.05) is 23.8 Å². The highest BCUT2D eigenvalue weighted by Crippen LogP contribution is 2.27. The van der Waals surface area contributed by atoms with Crippen LogP contribution in [0, 0.1) is 10.7 Å². The van der Waals surface area contributed by atoms with Crippen molar-refractivity contribution in [2.24, 2.45) is 0 Å². The lowest BCUT2D eigenvalue weighted by atomic mass is 9.94. The summed E-state index contributed by atoms with van der Waals surface area (Å²) in [6.07, 6.45) is 1.62. The lowest BCUT2D eigenvalue weighted by molar-refractivity contribution is -0.0107. The predicted octanol–water partition coefficient (Wildman–Crippen LogP) is 3.49. The van der Waals surface area contributed by atoms with Crippen LogP contribution in [0.25, 0.3) is 0 Å². The van der Waals surface area contributed by atoms with Crippen molar-refractivity contribution in [3.05, 3.63) is 28.4 Å². The highest BCUT2D eigenvalue weighted by Gasteiger charge is 2.32. The molecule has 1 aliphatic heterocycles. The lowest BCUT2D eigenvalue weighted by Gasteiger charge is -2.37. The van der Waals surface area contributed by atoms with Crippen LogP contribution in [0.4, 0.5) is 0 Å². The normalized spacial score (nSPS) is 23.5. The van der Waals surface area contributed by atoms with Crippen molar-refractivity contribution in [2.75, 3.05) is 13.1 Å². The molecule has 0 spiro atoms. The topological polar surface area (TPSA) is 40.5 Å². The molecule has 1 N–H and O–H groups in total. The van der Waals surface area contributed by atoms with Gasteiger partial charge in [-0.05, 0) is 99.7 Å². The second-order valence-electron chi connectivity index (χ2n) is 5.08. The van der Waals surface area contributed by atoms with E-state index in [9.17, 15) is 9.90 Å². The zero-order valence-electron chi connectivity index (χ0n) is 10.4. The Morgan fingerprint density at radius 2 is 2.05 bits per heavy atom. The van der Waals surface area contributed by atoms with Crippen molar-refractivity contribution >= 4 is 73.7 Å². The number of halogens is 3. The molecule has 2 rings (SSSR count). The number of nitrogens with zero attached hydrogens (tertiary/aromatic N) is 1. The Morgan fingerprint density at radius 1 is 1.37 bits per heavy atom. The molecular formula is C13H14I3NO2. The number of β-amino-alcohol motifs (C(OH)–C–C–N with tert-alkyl or cyclic N) is 1. The van der Waals surface area contributed by atoms with Gasteiger partial charge in [-0.1, -0.05) is 0 Å². The summed E-state index contributed by atoms with van der Waals surface area (Å²) in [4.78, 5) is 14.4. The van der Waals surface area contributed by atoms with Crippen molar-refractivity contribution in [1.29, 1.82) is 0 Å². The Bertz CT molecular complexity index is 517. The molecule has 1 atom stereocenters. The van der Waals surface area contributed by atoms with Gasteiger partial charge in [0.15, 0.2) is 0 Å². The highest BCUT2D eigenvalue weighted by molar-refractivity contribution is 14.1. The van der Waals surface area contributed by atoms with Crippen LogP contribution >= 0.6 is 67.8 Å². The molecule has 0 aromatic heterocycles. The summed E-state index contributed by atoms with van der Waals surface area (Å²) in [5.41, 5.74) is -0.0105. The van der Waals surface area contributed by atoms with E-state index in [1.165, 1.54) is 0 Å². The van der Waals surface area contributed by atoms with E-state index in [1.807, 2.05) is 6.07 Å². The number of benzene rings is 1. The summed E-state index contributed by atoms with van der Waals surface area (Å²) in [6.45, 7) is 2.95. The number of carbonyl (C=O) groups is 1. The molecule has 0 radical (unpaired) electrons. The lowest BCUT2D eigenvalue weighted by Crippen LogP contribution is -2.48. The second kappa shape index (κ2) is 6.30. The molecular weight excluding hydrogens is 583 g/mol. The zero-order chi connectivity index (χ0) is 14.2. The maximum atomic E-state index is 12.6. The first-order chi connectivity index (χ1) is 8.80. The SMILES string of the molecule is CC1(O)CCCN(C(=O)c2cc(I)cc(I)c2I)C1. The van der Waals surface area contributed by atoms with E-state index in [-0.39, 0.29) is 5.91 Å². The number of rotatable bonds is 1. The van der Waals surface area contributed by atoms with Gasteiger partial charge in [-0.2, -0.15) is 0 Å². The fourth-order valence-corrected chi connectivity index (χ4v) is 4.66. The van der Waals surface area contributed by atoms with Crippen LogP contribution in [0.3, 0.4) is 0 Å². The molecule has 104 valence electrons. The number of likely N-dealkylation sites (tertiary alicyclic amines) is 1. The molecule has 1 aliphatic rings. The van der Waals surface area contributed by atoms with Crippen LogP contribution in [0.1, 0.15) is 30.1 Å². The van der Waals surface area contributed by atoms with E-state index >= 15 is 0 Å². The Labute approximate surface area is 153 Å². The average Bonchev–Trinajstić information content (AvgIpc) is 2.31. The Hall–Kier alpha value is 0.840. The molecule has 0 aliphatic carbocycles. The number of carbonyl (C=O) groups excluding carboxylic acids is 1. The van der Waals surface area contributed by atoms with Gasteiger partial charge in [0.05, 0.1) is 11.2 Å². The number of hydrogen-bond acceptors (Lipinski definition) is 2. The Kier molecular flexibility index (Phi) is 5.38. The van der Waals surface area contributed by atoms with Gasteiger partial charge in [-0.25, -0.2) is 0 Å². The van der Waals surface area contributed by atoms with Crippen LogP contribution in [0.5, 0.6) is 0 Å². The Balaban J connectivity index is 2.29. The summed E-state index contributed by atoms with van der Waals surface area (Å²) in [7, 11) is 0. The van der Waals surface area contributed by atoms with E-state index in [2.05, 4.69) is 73.8 Å². The van der Waals surface area contributed by atoms with Crippen molar-refractivity contribution < 1.29 is 9.90 Å². The summed E-state index contributed by atoms with van der Waals surface area (Å²) in [6, 6.07) is 3.99. The smallest absolute Gasteiger partial charge is 0.255 e. The fourth-order valence-electron chi connectivity index (χ4n) is 2.28. The van der Waals surface area contributed by atoms with Crippen LogP contribution in [-0.2, 0) is 0 Å². The summed E-state index contributed by atoms with van der Waals surface area (Å²) >= 11 is 6.71. The third-order valence-corrected chi connectivity index (χ3v) is 6.85. The van der Waals surface area contributed by atoms with Crippen molar-refractivity contribution in [1.82, 2.24) is 4.90 Å². The zero-order valence-corrected chi connectivity index (χ0v) is 16.9. The van der Waals surface area contributed by atoms with E-state index in [0.29, 0.717) is 6.54 Å². The van der Waals surface area contributed by atoms with Gasteiger partial charge in [-0.3, -0.25) is 4.79 Å². The van der Waals surface area contributed by atoms with Crippen LogP contribution in [0.15, 0.2) is 12.1 Å². The second-order valence-corrected chi connectivity index (χ2v) is 8.56. The van der Waals surface area contributed by atoms with Crippen LogP contribution < -0.4 is 0 Å². The average molecular weight is 597 g/mol. The van der Waals surface area contributed by atoms with E-state index in [4.69, 9.17) is 0 Å². The quantitative estimate of drug-likeness (QED) is 0.399. The molecule has 3 nitrogen and oxygen atoms in total. The van der Waals surface area contributed by atoms with Gasteiger partial charge >= 0.3 is 0 Å². The number of amides is 1. The van der Waals surface area contributed by atoms with Gasteiger partial charge in [0.25, 0.3) is 5.91 Å². The maximum Gasteiger partial charge on any atom is 0.255 e. The Morgan fingerprint density at radius 3 is 2.68 bits per heavy atom. The minimum absolute atomic E-state index is 0.0285. The first-order valence-corrected chi connectivity index (χ1v) is 9.20. The third kappa shape index (κ3) is 3.94. The number of aliphatic hydroxyl groups is 1. The molecule has 1 saturated heterocycles. The van der Waals surface area contributed by atoms with E-state index in [1.54, 1.807) is 11.8 Å². The molecule has 1 aromatic carbocycles. The van der Waals surface area contributed by atoms with Crippen molar-refractivity contribution in [3.63, 3.8) is 0 Å². The summed E-state index contributed by atoms with van der Waals surface area (Å²) < 4.78 is 3.15. The summed E-state index contributed by atoms with van der Waals surface area (Å²) in [5.74, 6) is 0.0285. The van der Waals surface area contributed by atoms with E-state index in [0.717, 1.165) is 35.7 Å². The first kappa shape index (κ1) is 16.2. The minimum Gasteiger partial charge on any atom is -0.388 e. The number of hydrogen-bond donors (Lipinski definition) is 1. The highest BCUT2D eigenvalue weighted by atomic mass is 127. The molecule has 19 heavy (non-hydrogen) atoms. The van der Waals surface area contributed by atoms with Crippen molar-refractivity contribution in [2.45, 2.75) is 25.4 Å².